The highest BCUT2D eigenvalue weighted by atomic mass is 16.6. The average Bonchev–Trinajstić information content (AvgIpc) is 3.94. The second kappa shape index (κ2) is 20.7. The van der Waals surface area contributed by atoms with Gasteiger partial charge in [0.2, 0.25) is 23.6 Å². The van der Waals surface area contributed by atoms with Crippen molar-refractivity contribution < 1.29 is 43.0 Å². The van der Waals surface area contributed by atoms with Crippen molar-refractivity contribution in [2.45, 2.75) is 130 Å². The Morgan fingerprint density at radius 2 is 1.35 bits per heavy atom. The van der Waals surface area contributed by atoms with Gasteiger partial charge in [-0.1, -0.05) is 85.7 Å². The Balaban J connectivity index is 1.50. The first-order chi connectivity index (χ1) is 28.2. The molecule has 0 aromatic heterocycles. The predicted molar refractivity (Wildman–Crippen MR) is 226 cm³/mol. The summed E-state index contributed by atoms with van der Waals surface area (Å²) in [5.41, 5.74) is 0.886. The molecule has 15 heteroatoms. The zero-order chi connectivity index (χ0) is 44.7. The Kier molecular flexibility index (Phi) is 16.5. The SMILES string of the molecule is COC1=CC(=O)N(C(=O)[C@@H](OC(=O)C2CCCN2C(=O)[C@H]2CCCN2C(=O)[C@@H](C(C)C)N(C)C(=O)[C@@H](NC(=O)[C@@H](C(C)C)N(C)C)C(C)C)C(C)C)[C@@H]1Cc1ccccc1. The Bertz CT molecular complexity index is 1750. The topological polar surface area (TPSA) is 166 Å². The molecule has 3 aliphatic heterocycles. The van der Waals surface area contributed by atoms with Crippen LogP contribution in [0.1, 0.15) is 86.6 Å². The van der Waals surface area contributed by atoms with E-state index in [-0.39, 0.29) is 36.1 Å². The van der Waals surface area contributed by atoms with Gasteiger partial charge >= 0.3 is 5.97 Å². The van der Waals surface area contributed by atoms with Crippen LogP contribution in [0.5, 0.6) is 0 Å². The van der Waals surface area contributed by atoms with Crippen LogP contribution in [0.2, 0.25) is 0 Å². The van der Waals surface area contributed by atoms with E-state index < -0.39 is 77.9 Å². The zero-order valence-corrected chi connectivity index (χ0v) is 37.7. The number of likely N-dealkylation sites (N-methyl/N-ethyl adjacent to an activating group) is 2. The molecule has 2 saturated heterocycles. The minimum absolute atomic E-state index is 0.00726. The van der Waals surface area contributed by atoms with E-state index in [1.54, 1.807) is 20.9 Å². The lowest BCUT2D eigenvalue weighted by Gasteiger charge is -2.39. The summed E-state index contributed by atoms with van der Waals surface area (Å²) in [6, 6.07) is 4.52. The van der Waals surface area contributed by atoms with Crippen molar-refractivity contribution in [2.75, 3.05) is 41.3 Å². The molecular formula is C45H68N6O9. The molecule has 3 heterocycles. The smallest absolute Gasteiger partial charge is 0.329 e. The lowest BCUT2D eigenvalue weighted by molar-refractivity contribution is -0.170. The number of carbonyl (C=O) groups excluding carboxylic acids is 7. The summed E-state index contributed by atoms with van der Waals surface area (Å²) in [7, 11) is 6.64. The van der Waals surface area contributed by atoms with Gasteiger partial charge in [0.15, 0.2) is 6.10 Å². The third-order valence-electron chi connectivity index (χ3n) is 11.9. The number of amides is 6. The van der Waals surface area contributed by atoms with E-state index in [0.717, 1.165) is 10.5 Å². The highest BCUT2D eigenvalue weighted by Gasteiger charge is 2.48. The van der Waals surface area contributed by atoms with Gasteiger partial charge in [0.05, 0.1) is 13.2 Å². The molecule has 6 amide bonds. The number of imide groups is 1. The van der Waals surface area contributed by atoms with Crippen molar-refractivity contribution in [1.29, 1.82) is 0 Å². The lowest BCUT2D eigenvalue weighted by Crippen LogP contribution is -2.61. The van der Waals surface area contributed by atoms with Crippen LogP contribution >= 0.6 is 0 Å². The van der Waals surface area contributed by atoms with Gasteiger partial charge < -0.3 is 29.5 Å². The fourth-order valence-electron chi connectivity index (χ4n) is 8.93. The van der Waals surface area contributed by atoms with Gasteiger partial charge in [0.1, 0.15) is 36.0 Å². The molecule has 0 radical (unpaired) electrons. The number of methoxy groups -OCH3 is 1. The molecule has 0 spiro atoms. The van der Waals surface area contributed by atoms with Gasteiger partial charge in [-0.3, -0.25) is 38.6 Å². The molecule has 2 fully saturated rings. The monoisotopic (exact) mass is 837 g/mol. The standard InChI is InChI=1S/C45H68N6O9/c1-26(2)36(46-40(53)37(27(3)4)47(9)10)42(55)48(11)38(28(5)6)43(56)49-22-16-20-31(49)41(54)50-23-17-21-32(50)45(58)60-39(29(7)8)44(57)51-33(34(59-12)25-35(51)52)24-30-18-14-13-15-19-30/h13-15,18-19,25-29,31-33,36-39H,16-17,20-24H2,1-12H3,(H,46,53)/t31-,32?,33-,36+,37-,38-,39+/m1/s1. The van der Waals surface area contributed by atoms with Gasteiger partial charge in [0.25, 0.3) is 11.8 Å². The molecule has 0 bridgehead atoms. The van der Waals surface area contributed by atoms with Crippen LogP contribution in [0.15, 0.2) is 42.2 Å². The molecule has 332 valence electrons. The molecular weight excluding hydrogens is 769 g/mol. The second-order valence-corrected chi connectivity index (χ2v) is 18.0. The Hall–Kier alpha value is -4.79. The summed E-state index contributed by atoms with van der Waals surface area (Å²) in [6.45, 7) is 15.3. The zero-order valence-electron chi connectivity index (χ0n) is 37.7. The number of hydrogen-bond donors (Lipinski definition) is 1. The molecule has 4 rings (SSSR count). The maximum Gasteiger partial charge on any atom is 0.329 e. The van der Waals surface area contributed by atoms with Crippen molar-refractivity contribution in [2.24, 2.45) is 23.7 Å². The Morgan fingerprint density at radius 3 is 1.88 bits per heavy atom. The van der Waals surface area contributed by atoms with Crippen LogP contribution in [0.3, 0.4) is 0 Å². The average molecular weight is 837 g/mol. The van der Waals surface area contributed by atoms with E-state index in [1.807, 2.05) is 90.9 Å². The number of esters is 1. The van der Waals surface area contributed by atoms with Crippen LogP contribution in [-0.2, 0) is 49.5 Å². The second-order valence-electron chi connectivity index (χ2n) is 18.0. The number of rotatable bonds is 17. The van der Waals surface area contributed by atoms with Crippen molar-refractivity contribution in [3.63, 3.8) is 0 Å². The van der Waals surface area contributed by atoms with Crippen LogP contribution in [0, 0.1) is 23.7 Å². The third kappa shape index (κ3) is 10.6. The van der Waals surface area contributed by atoms with E-state index in [2.05, 4.69) is 5.32 Å². The van der Waals surface area contributed by atoms with E-state index >= 15 is 0 Å². The quantitative estimate of drug-likeness (QED) is 0.230. The van der Waals surface area contributed by atoms with Crippen LogP contribution in [0.25, 0.3) is 0 Å². The number of nitrogens with zero attached hydrogens (tertiary/aromatic N) is 5. The summed E-state index contributed by atoms with van der Waals surface area (Å²) in [6.07, 6.45) is 2.02. The first kappa shape index (κ1) is 47.9. The Labute approximate surface area is 356 Å². The molecule has 1 N–H and O–H groups in total. The highest BCUT2D eigenvalue weighted by Crippen LogP contribution is 2.30. The molecule has 7 atom stereocenters. The summed E-state index contributed by atoms with van der Waals surface area (Å²) >= 11 is 0. The Morgan fingerprint density at radius 1 is 0.767 bits per heavy atom. The van der Waals surface area contributed by atoms with Crippen LogP contribution < -0.4 is 5.32 Å². The van der Waals surface area contributed by atoms with Crippen molar-refractivity contribution in [3.8, 4) is 0 Å². The fourth-order valence-corrected chi connectivity index (χ4v) is 8.93. The molecule has 60 heavy (non-hydrogen) atoms. The van der Waals surface area contributed by atoms with E-state index in [0.29, 0.717) is 44.4 Å². The van der Waals surface area contributed by atoms with Crippen molar-refractivity contribution in [1.82, 2.24) is 29.8 Å². The van der Waals surface area contributed by atoms with Gasteiger partial charge in [-0.2, -0.15) is 0 Å². The van der Waals surface area contributed by atoms with Crippen molar-refractivity contribution >= 4 is 41.4 Å². The largest absolute Gasteiger partial charge is 0.499 e. The molecule has 1 aromatic rings. The van der Waals surface area contributed by atoms with Crippen LogP contribution in [-0.4, -0.2) is 150 Å². The fraction of sp³-hybridized carbons (Fsp3) is 0.667. The molecule has 0 saturated carbocycles. The van der Waals surface area contributed by atoms with Gasteiger partial charge in [-0.15, -0.1) is 0 Å². The molecule has 1 aromatic carbocycles. The van der Waals surface area contributed by atoms with E-state index in [4.69, 9.17) is 9.47 Å². The summed E-state index contributed by atoms with van der Waals surface area (Å²) in [4.78, 5) is 105. The third-order valence-corrected chi connectivity index (χ3v) is 11.9. The maximum atomic E-state index is 14.5. The number of ether oxygens (including phenoxy) is 2. The summed E-state index contributed by atoms with van der Waals surface area (Å²) < 4.78 is 11.4. The molecule has 15 nitrogen and oxygen atoms in total. The maximum absolute atomic E-state index is 14.5. The molecule has 1 unspecified atom stereocenters. The predicted octanol–water partition coefficient (Wildman–Crippen LogP) is 3.26. The normalized spacial score (nSPS) is 21.4. The van der Waals surface area contributed by atoms with Gasteiger partial charge in [-0.05, 0) is 69.0 Å². The van der Waals surface area contributed by atoms with E-state index in [9.17, 15) is 33.6 Å². The lowest BCUT2D eigenvalue weighted by atomic mass is 9.96. The van der Waals surface area contributed by atoms with Crippen molar-refractivity contribution in [3.05, 3.63) is 47.7 Å². The summed E-state index contributed by atoms with van der Waals surface area (Å²) in [5.74, 6) is -4.24. The number of likely N-dealkylation sites (tertiary alicyclic amines) is 2. The first-order valence-corrected chi connectivity index (χ1v) is 21.4. The minimum atomic E-state index is -1.31. The number of benzene rings is 1. The minimum Gasteiger partial charge on any atom is -0.499 e. The molecule has 0 aliphatic carbocycles. The van der Waals surface area contributed by atoms with Gasteiger partial charge in [0, 0.05) is 32.6 Å². The molecule has 3 aliphatic rings. The van der Waals surface area contributed by atoms with Crippen LogP contribution in [0.4, 0.5) is 0 Å². The number of nitrogens with one attached hydrogen (secondary N) is 1. The number of carbonyl (C=O) groups is 7. The van der Waals surface area contributed by atoms with E-state index in [1.165, 1.54) is 27.9 Å². The van der Waals surface area contributed by atoms with Gasteiger partial charge in [-0.25, -0.2) is 4.79 Å². The number of hydrogen-bond acceptors (Lipinski definition) is 10. The summed E-state index contributed by atoms with van der Waals surface area (Å²) in [5, 5.41) is 2.95. The highest BCUT2D eigenvalue weighted by molar-refractivity contribution is 6.06. The first-order valence-electron chi connectivity index (χ1n) is 21.4.